The third kappa shape index (κ3) is 4.01. The fourth-order valence-corrected chi connectivity index (χ4v) is 3.00. The minimum absolute atomic E-state index is 0.0736. The number of piperidine rings is 1. The summed E-state index contributed by atoms with van der Waals surface area (Å²) in [6, 6.07) is 0. The van der Waals surface area contributed by atoms with E-state index in [2.05, 4.69) is 22.2 Å². The van der Waals surface area contributed by atoms with E-state index in [-0.39, 0.29) is 16.6 Å². The topological polar surface area (TPSA) is 82.5 Å². The van der Waals surface area contributed by atoms with E-state index in [0.29, 0.717) is 12.5 Å². The van der Waals surface area contributed by atoms with E-state index in [1.165, 1.54) is 18.2 Å². The lowest BCUT2D eigenvalue weighted by Crippen LogP contribution is -2.32. The highest BCUT2D eigenvalue weighted by molar-refractivity contribution is 7.11. The van der Waals surface area contributed by atoms with Gasteiger partial charge in [0.05, 0.1) is 0 Å². The molecule has 0 radical (unpaired) electrons. The molecule has 2 N–H and O–H groups in total. The van der Waals surface area contributed by atoms with E-state index < -0.39 is 5.97 Å². The predicted octanol–water partition coefficient (Wildman–Crippen LogP) is 1.30. The van der Waals surface area contributed by atoms with Gasteiger partial charge in [-0.3, -0.25) is 4.79 Å². The van der Waals surface area contributed by atoms with Crippen molar-refractivity contribution < 1.29 is 14.7 Å². The Labute approximate surface area is 121 Å². The Bertz CT molecular complexity index is 481. The Morgan fingerprint density at radius 3 is 2.80 bits per heavy atom. The van der Waals surface area contributed by atoms with Crippen LogP contribution in [0.15, 0.2) is 5.38 Å². The van der Waals surface area contributed by atoms with E-state index in [4.69, 9.17) is 5.11 Å². The molecule has 2 rings (SSSR count). The first-order valence-electron chi connectivity index (χ1n) is 6.72. The highest BCUT2D eigenvalue weighted by atomic mass is 32.1. The first kappa shape index (κ1) is 14.9. The minimum atomic E-state index is -1.10. The van der Waals surface area contributed by atoms with Crippen molar-refractivity contribution in [2.45, 2.75) is 19.3 Å². The SMILES string of the molecule is CN1CCC(CCNC(=O)c2nc(C(=O)O)cs2)CC1. The maximum absolute atomic E-state index is 11.8. The number of hydrogen-bond donors (Lipinski definition) is 2. The standard InChI is InChI=1S/C13H19N3O3S/c1-16-6-3-9(4-7-16)2-5-14-11(17)12-15-10(8-20-12)13(18)19/h8-9H,2-7H2,1H3,(H,14,17)(H,18,19). The molecule has 0 bridgehead atoms. The molecule has 1 aliphatic rings. The number of nitrogens with zero attached hydrogens (tertiary/aromatic N) is 2. The molecule has 1 saturated heterocycles. The van der Waals surface area contributed by atoms with Gasteiger partial charge in [-0.05, 0) is 45.3 Å². The van der Waals surface area contributed by atoms with Gasteiger partial charge in [0.2, 0.25) is 0 Å². The van der Waals surface area contributed by atoms with Gasteiger partial charge in [0.15, 0.2) is 10.7 Å². The van der Waals surface area contributed by atoms with Crippen LogP contribution in [-0.2, 0) is 0 Å². The Hall–Kier alpha value is -1.47. The first-order chi connectivity index (χ1) is 9.56. The third-order valence-corrected chi connectivity index (χ3v) is 4.43. The lowest BCUT2D eigenvalue weighted by atomic mass is 9.94. The number of hydrogen-bond acceptors (Lipinski definition) is 5. The second-order valence-corrected chi connectivity index (χ2v) is 5.99. The highest BCUT2D eigenvalue weighted by Gasteiger charge is 2.18. The normalized spacial score (nSPS) is 17.1. The number of likely N-dealkylation sites (tertiary alicyclic amines) is 1. The molecular formula is C13H19N3O3S. The monoisotopic (exact) mass is 297 g/mol. The summed E-state index contributed by atoms with van der Waals surface area (Å²) in [5.41, 5.74) is -0.0736. The average molecular weight is 297 g/mol. The third-order valence-electron chi connectivity index (χ3n) is 3.59. The van der Waals surface area contributed by atoms with Crippen molar-refractivity contribution in [1.29, 1.82) is 0 Å². The zero-order valence-corrected chi connectivity index (χ0v) is 12.3. The molecule has 0 unspecified atom stereocenters. The van der Waals surface area contributed by atoms with Crippen molar-refractivity contribution in [1.82, 2.24) is 15.2 Å². The van der Waals surface area contributed by atoms with Crippen molar-refractivity contribution in [2.24, 2.45) is 5.92 Å². The van der Waals surface area contributed by atoms with Gasteiger partial charge in [0.25, 0.3) is 5.91 Å². The molecule has 110 valence electrons. The number of carbonyl (C=O) groups is 2. The maximum atomic E-state index is 11.8. The van der Waals surface area contributed by atoms with Gasteiger partial charge < -0.3 is 15.3 Å². The van der Waals surface area contributed by atoms with Gasteiger partial charge in [0.1, 0.15) is 0 Å². The largest absolute Gasteiger partial charge is 0.476 e. The molecule has 1 aliphatic heterocycles. The number of carboxylic acid groups (broad SMARTS) is 1. The van der Waals surface area contributed by atoms with Crippen LogP contribution in [0.2, 0.25) is 0 Å². The molecule has 1 amide bonds. The minimum Gasteiger partial charge on any atom is -0.476 e. The zero-order valence-electron chi connectivity index (χ0n) is 11.5. The van der Waals surface area contributed by atoms with Crippen molar-refractivity contribution in [2.75, 3.05) is 26.7 Å². The molecule has 0 atom stereocenters. The summed E-state index contributed by atoms with van der Waals surface area (Å²) in [5.74, 6) is -0.723. The van der Waals surface area contributed by atoms with E-state index in [1.54, 1.807) is 0 Å². The van der Waals surface area contributed by atoms with Gasteiger partial charge in [-0.2, -0.15) is 0 Å². The van der Waals surface area contributed by atoms with Gasteiger partial charge in [-0.15, -0.1) is 11.3 Å². The quantitative estimate of drug-likeness (QED) is 0.856. The maximum Gasteiger partial charge on any atom is 0.355 e. The molecule has 1 aromatic rings. The lowest BCUT2D eigenvalue weighted by Gasteiger charge is -2.28. The molecule has 1 aromatic heterocycles. The van der Waals surface area contributed by atoms with Crippen LogP contribution in [0.1, 0.15) is 39.6 Å². The lowest BCUT2D eigenvalue weighted by molar-refractivity contribution is 0.0691. The van der Waals surface area contributed by atoms with Crippen molar-refractivity contribution in [3.63, 3.8) is 0 Å². The Morgan fingerprint density at radius 2 is 2.20 bits per heavy atom. The van der Waals surface area contributed by atoms with E-state index >= 15 is 0 Å². The fourth-order valence-electron chi connectivity index (χ4n) is 2.29. The summed E-state index contributed by atoms with van der Waals surface area (Å²) in [7, 11) is 2.13. The van der Waals surface area contributed by atoms with E-state index in [1.807, 2.05) is 0 Å². The summed E-state index contributed by atoms with van der Waals surface area (Å²) < 4.78 is 0. The van der Waals surface area contributed by atoms with Crippen LogP contribution in [0.25, 0.3) is 0 Å². The summed E-state index contributed by atoms with van der Waals surface area (Å²) in [6.07, 6.45) is 3.32. The molecule has 0 saturated carbocycles. The number of carboxylic acids is 1. The smallest absolute Gasteiger partial charge is 0.355 e. The summed E-state index contributed by atoms with van der Waals surface area (Å²) >= 11 is 1.06. The van der Waals surface area contributed by atoms with Crippen LogP contribution in [-0.4, -0.2) is 53.5 Å². The molecular weight excluding hydrogens is 278 g/mol. The summed E-state index contributed by atoms with van der Waals surface area (Å²) in [6.45, 7) is 2.86. The molecule has 6 nitrogen and oxygen atoms in total. The Morgan fingerprint density at radius 1 is 1.50 bits per heavy atom. The van der Waals surface area contributed by atoms with Crippen molar-refractivity contribution in [3.05, 3.63) is 16.1 Å². The van der Waals surface area contributed by atoms with Crippen LogP contribution in [0.5, 0.6) is 0 Å². The van der Waals surface area contributed by atoms with E-state index in [0.717, 1.165) is 30.8 Å². The molecule has 1 fully saturated rings. The van der Waals surface area contributed by atoms with Crippen LogP contribution in [0.4, 0.5) is 0 Å². The Kier molecular flexibility index (Phi) is 5.08. The van der Waals surface area contributed by atoms with Crippen molar-refractivity contribution in [3.8, 4) is 0 Å². The average Bonchev–Trinajstić information content (AvgIpc) is 2.91. The predicted molar refractivity (Wildman–Crippen MR) is 76.2 cm³/mol. The molecule has 20 heavy (non-hydrogen) atoms. The molecule has 0 spiro atoms. The molecule has 0 aromatic carbocycles. The molecule has 2 heterocycles. The van der Waals surface area contributed by atoms with Crippen LogP contribution < -0.4 is 5.32 Å². The van der Waals surface area contributed by atoms with Gasteiger partial charge >= 0.3 is 5.97 Å². The number of nitrogens with one attached hydrogen (secondary N) is 1. The fraction of sp³-hybridized carbons (Fsp3) is 0.615. The number of rotatable bonds is 5. The van der Waals surface area contributed by atoms with E-state index in [9.17, 15) is 9.59 Å². The van der Waals surface area contributed by atoms with Gasteiger partial charge in [0, 0.05) is 11.9 Å². The Balaban J connectivity index is 1.73. The zero-order chi connectivity index (χ0) is 14.5. The van der Waals surface area contributed by atoms with Gasteiger partial charge in [-0.1, -0.05) is 0 Å². The number of carbonyl (C=O) groups excluding carboxylic acids is 1. The summed E-state index contributed by atoms with van der Waals surface area (Å²) in [5, 5.41) is 13.2. The van der Waals surface area contributed by atoms with Crippen LogP contribution in [0, 0.1) is 5.92 Å². The van der Waals surface area contributed by atoms with Crippen LogP contribution >= 0.6 is 11.3 Å². The van der Waals surface area contributed by atoms with Gasteiger partial charge in [-0.25, -0.2) is 9.78 Å². The van der Waals surface area contributed by atoms with Crippen molar-refractivity contribution >= 4 is 23.2 Å². The number of aromatic carboxylic acids is 1. The van der Waals surface area contributed by atoms with Crippen LogP contribution in [0.3, 0.4) is 0 Å². The summed E-state index contributed by atoms with van der Waals surface area (Å²) in [4.78, 5) is 28.6. The second-order valence-electron chi connectivity index (χ2n) is 5.13. The number of thiazole rings is 1. The second kappa shape index (κ2) is 6.81. The molecule has 0 aliphatic carbocycles. The highest BCUT2D eigenvalue weighted by Crippen LogP contribution is 2.18. The number of amides is 1. The molecule has 7 heteroatoms. The first-order valence-corrected chi connectivity index (χ1v) is 7.60. The number of aromatic nitrogens is 1.